The average Bonchev–Trinajstić information content (AvgIpc) is 3.11. The molecule has 1 aromatic rings. The molecule has 0 aliphatic carbocycles. The van der Waals surface area contributed by atoms with E-state index in [9.17, 15) is 9.59 Å². The molecule has 152 valence electrons. The molecule has 28 heavy (non-hydrogen) atoms. The Hall–Kier alpha value is -1.96. The van der Waals surface area contributed by atoms with Crippen LogP contribution in [0.4, 0.5) is 5.69 Å². The minimum atomic E-state index is -0.193. The van der Waals surface area contributed by atoms with Gasteiger partial charge in [0.05, 0.1) is 6.04 Å². The zero-order valence-corrected chi connectivity index (χ0v) is 16.7. The maximum absolute atomic E-state index is 12.2. The molecule has 2 amide bonds. The molecule has 1 aromatic carbocycles. The van der Waals surface area contributed by atoms with Crippen LogP contribution in [0.5, 0.6) is 0 Å². The molecule has 2 fully saturated rings. The molecule has 2 unspecified atom stereocenters. The second-order valence-electron chi connectivity index (χ2n) is 8.45. The molecule has 0 spiro atoms. The quantitative estimate of drug-likeness (QED) is 0.720. The Morgan fingerprint density at radius 2 is 1.89 bits per heavy atom. The molecule has 3 aliphatic heterocycles. The first kappa shape index (κ1) is 19.4. The van der Waals surface area contributed by atoms with Crippen molar-refractivity contribution >= 4 is 17.5 Å². The topological polar surface area (TPSA) is 81.9 Å². The number of hydrogen-bond donors (Lipinski definition) is 2. The van der Waals surface area contributed by atoms with Gasteiger partial charge < -0.3 is 10.6 Å². The first-order valence-corrected chi connectivity index (χ1v) is 10.4. The smallest absolute Gasteiger partial charge is 0.243 e. The fourth-order valence-corrected chi connectivity index (χ4v) is 4.56. The van der Waals surface area contributed by atoms with E-state index in [4.69, 9.17) is 5.73 Å². The highest BCUT2D eigenvalue weighted by Gasteiger charge is 2.34. The number of carbonyl (C=O) groups excluding carboxylic acids is 2. The van der Waals surface area contributed by atoms with Crippen molar-refractivity contribution in [1.29, 1.82) is 0 Å². The largest absolute Gasteiger partial charge is 0.369 e. The highest BCUT2D eigenvalue weighted by Crippen LogP contribution is 2.30. The standard InChI is InChI=1S/C21H31N5O2/c1-15(11-22)12-24-6-8-25(9-7-24)18-3-2-16-13-26(14-17(16)10-18)19-4-5-20(27)23-21(19)28/h2-3,10,15,19H,4-9,11-14,22H2,1H3,(H,23,27,28). The maximum atomic E-state index is 12.2. The van der Waals surface area contributed by atoms with Crippen molar-refractivity contribution in [3.63, 3.8) is 0 Å². The summed E-state index contributed by atoms with van der Waals surface area (Å²) in [6.45, 7) is 9.81. The van der Waals surface area contributed by atoms with Crippen molar-refractivity contribution in [2.45, 2.75) is 38.9 Å². The van der Waals surface area contributed by atoms with E-state index in [-0.39, 0.29) is 17.9 Å². The Kier molecular flexibility index (Phi) is 5.66. The average molecular weight is 386 g/mol. The van der Waals surface area contributed by atoms with E-state index < -0.39 is 0 Å². The number of fused-ring (bicyclic) bond motifs is 1. The van der Waals surface area contributed by atoms with Crippen molar-refractivity contribution in [3.8, 4) is 0 Å². The minimum Gasteiger partial charge on any atom is -0.369 e. The van der Waals surface area contributed by atoms with Gasteiger partial charge in [0.2, 0.25) is 11.8 Å². The molecule has 0 radical (unpaired) electrons. The monoisotopic (exact) mass is 385 g/mol. The summed E-state index contributed by atoms with van der Waals surface area (Å²) < 4.78 is 0. The summed E-state index contributed by atoms with van der Waals surface area (Å²) in [5.41, 5.74) is 9.63. The predicted octanol–water partition coefficient (Wildman–Crippen LogP) is 0.524. The number of rotatable bonds is 5. The molecule has 3 heterocycles. The molecule has 3 N–H and O–H groups in total. The lowest BCUT2D eigenvalue weighted by Crippen LogP contribution is -2.50. The number of amides is 2. The summed E-state index contributed by atoms with van der Waals surface area (Å²) in [5.74, 6) is 0.247. The van der Waals surface area contributed by atoms with Gasteiger partial charge in [-0.2, -0.15) is 0 Å². The van der Waals surface area contributed by atoms with E-state index in [1.54, 1.807) is 0 Å². The van der Waals surface area contributed by atoms with Crippen molar-refractivity contribution in [3.05, 3.63) is 29.3 Å². The number of piperazine rings is 1. The number of nitrogens with two attached hydrogens (primary N) is 1. The number of benzene rings is 1. The van der Waals surface area contributed by atoms with E-state index in [0.717, 1.165) is 52.4 Å². The lowest BCUT2D eigenvalue weighted by atomic mass is 10.0. The Morgan fingerprint density at radius 1 is 1.14 bits per heavy atom. The van der Waals surface area contributed by atoms with Crippen molar-refractivity contribution < 1.29 is 9.59 Å². The van der Waals surface area contributed by atoms with E-state index in [1.165, 1.54) is 16.8 Å². The second kappa shape index (κ2) is 8.19. The third-order valence-corrected chi connectivity index (χ3v) is 6.30. The van der Waals surface area contributed by atoms with E-state index >= 15 is 0 Å². The highest BCUT2D eigenvalue weighted by atomic mass is 16.2. The summed E-state index contributed by atoms with van der Waals surface area (Å²) in [4.78, 5) is 30.8. The summed E-state index contributed by atoms with van der Waals surface area (Å²) in [6.07, 6.45) is 1.05. The van der Waals surface area contributed by atoms with Gasteiger partial charge in [-0.25, -0.2) is 0 Å². The fourth-order valence-electron chi connectivity index (χ4n) is 4.56. The fraction of sp³-hybridized carbons (Fsp3) is 0.619. The minimum absolute atomic E-state index is 0.146. The summed E-state index contributed by atoms with van der Waals surface area (Å²) in [5, 5.41) is 2.48. The number of imide groups is 1. The Bertz CT molecular complexity index is 744. The highest BCUT2D eigenvalue weighted by molar-refractivity contribution is 6.00. The van der Waals surface area contributed by atoms with Crippen LogP contribution in [0.15, 0.2) is 18.2 Å². The third kappa shape index (κ3) is 4.06. The van der Waals surface area contributed by atoms with Gasteiger partial charge in [-0.05, 0) is 42.1 Å². The van der Waals surface area contributed by atoms with Gasteiger partial charge in [0, 0.05) is 57.9 Å². The SMILES string of the molecule is CC(CN)CN1CCN(c2ccc3c(c2)CN(C2CCC(=O)NC2=O)C3)CC1. The number of anilines is 1. The van der Waals surface area contributed by atoms with Crippen LogP contribution in [0, 0.1) is 5.92 Å². The van der Waals surface area contributed by atoms with Gasteiger partial charge >= 0.3 is 0 Å². The molecule has 7 heteroatoms. The number of piperidine rings is 1. The van der Waals surface area contributed by atoms with Gasteiger partial charge in [-0.3, -0.25) is 24.7 Å². The number of carbonyl (C=O) groups is 2. The summed E-state index contributed by atoms with van der Waals surface area (Å²) >= 11 is 0. The first-order valence-electron chi connectivity index (χ1n) is 10.4. The van der Waals surface area contributed by atoms with Crippen molar-refractivity contribution in [2.24, 2.45) is 11.7 Å². The van der Waals surface area contributed by atoms with E-state index in [1.807, 2.05) is 0 Å². The first-order chi connectivity index (χ1) is 13.5. The lowest BCUT2D eigenvalue weighted by molar-refractivity contribution is -0.137. The van der Waals surface area contributed by atoms with E-state index in [2.05, 4.69) is 45.1 Å². The molecular formula is C21H31N5O2. The number of nitrogens with one attached hydrogen (secondary N) is 1. The Balaban J connectivity index is 1.36. The summed E-state index contributed by atoms with van der Waals surface area (Å²) in [6, 6.07) is 6.52. The van der Waals surface area contributed by atoms with Gasteiger partial charge in [0.15, 0.2) is 0 Å². The number of nitrogens with zero attached hydrogens (tertiary/aromatic N) is 3. The molecule has 0 bridgehead atoms. The maximum Gasteiger partial charge on any atom is 0.243 e. The molecule has 2 saturated heterocycles. The van der Waals surface area contributed by atoms with Gasteiger partial charge in [-0.15, -0.1) is 0 Å². The molecule has 2 atom stereocenters. The van der Waals surface area contributed by atoms with Gasteiger partial charge in [0.1, 0.15) is 0 Å². The van der Waals surface area contributed by atoms with Crippen LogP contribution >= 0.6 is 0 Å². The Morgan fingerprint density at radius 3 is 2.61 bits per heavy atom. The van der Waals surface area contributed by atoms with E-state index in [0.29, 0.717) is 18.8 Å². The van der Waals surface area contributed by atoms with Crippen LogP contribution < -0.4 is 16.0 Å². The Labute approximate surface area is 166 Å². The van der Waals surface area contributed by atoms with Crippen LogP contribution in [0.3, 0.4) is 0 Å². The van der Waals surface area contributed by atoms with Crippen LogP contribution in [-0.2, 0) is 22.7 Å². The normalized spacial score (nSPS) is 24.9. The molecule has 3 aliphatic rings. The third-order valence-electron chi connectivity index (χ3n) is 6.30. The lowest BCUT2D eigenvalue weighted by Gasteiger charge is -2.37. The van der Waals surface area contributed by atoms with Crippen LogP contribution in [-0.4, -0.2) is 66.9 Å². The van der Waals surface area contributed by atoms with Crippen molar-refractivity contribution in [1.82, 2.24) is 15.1 Å². The zero-order chi connectivity index (χ0) is 19.7. The molecule has 4 rings (SSSR count). The molecular weight excluding hydrogens is 354 g/mol. The van der Waals surface area contributed by atoms with Crippen LogP contribution in [0.25, 0.3) is 0 Å². The molecule has 0 aromatic heterocycles. The van der Waals surface area contributed by atoms with Crippen LogP contribution in [0.2, 0.25) is 0 Å². The molecule has 0 saturated carbocycles. The van der Waals surface area contributed by atoms with Crippen LogP contribution in [0.1, 0.15) is 30.9 Å². The van der Waals surface area contributed by atoms with Gasteiger partial charge in [0.25, 0.3) is 0 Å². The molecule has 7 nitrogen and oxygen atoms in total. The predicted molar refractivity (Wildman–Crippen MR) is 109 cm³/mol. The zero-order valence-electron chi connectivity index (χ0n) is 16.7. The van der Waals surface area contributed by atoms with Crippen molar-refractivity contribution in [2.75, 3.05) is 44.2 Å². The second-order valence-corrected chi connectivity index (χ2v) is 8.45. The summed E-state index contributed by atoms with van der Waals surface area (Å²) in [7, 11) is 0. The van der Waals surface area contributed by atoms with Gasteiger partial charge in [-0.1, -0.05) is 13.0 Å². The number of hydrogen-bond acceptors (Lipinski definition) is 6.